The number of hydrogen-bond acceptors (Lipinski definition) is 2. The standard InChI is InChI=1S/C13H13NO2/c1-9(2)7-8-14-11-6-4-3-5-10(11)12(15)13(14)16/h3-7H,8H2,1-2H3. The van der Waals surface area contributed by atoms with Crippen molar-refractivity contribution in [1.82, 2.24) is 0 Å². The largest absolute Gasteiger partial charge is 0.301 e. The Hall–Kier alpha value is -1.90. The molecular weight excluding hydrogens is 202 g/mol. The Morgan fingerprint density at radius 2 is 1.94 bits per heavy atom. The lowest BCUT2D eigenvalue weighted by molar-refractivity contribution is -0.114. The van der Waals surface area contributed by atoms with Crippen molar-refractivity contribution in [3.63, 3.8) is 0 Å². The molecule has 0 fully saturated rings. The van der Waals surface area contributed by atoms with Gasteiger partial charge < -0.3 is 4.90 Å². The van der Waals surface area contributed by atoms with Crippen molar-refractivity contribution in [2.24, 2.45) is 0 Å². The van der Waals surface area contributed by atoms with E-state index in [-0.39, 0.29) is 0 Å². The van der Waals surface area contributed by atoms with Crippen LogP contribution in [0.25, 0.3) is 0 Å². The predicted molar refractivity (Wildman–Crippen MR) is 62.6 cm³/mol. The number of amides is 1. The third kappa shape index (κ3) is 1.65. The normalized spacial score (nSPS) is 14.0. The maximum absolute atomic E-state index is 11.7. The van der Waals surface area contributed by atoms with Gasteiger partial charge in [-0.15, -0.1) is 0 Å². The maximum atomic E-state index is 11.7. The van der Waals surface area contributed by atoms with E-state index in [1.807, 2.05) is 26.0 Å². The van der Waals surface area contributed by atoms with Gasteiger partial charge in [-0.1, -0.05) is 23.8 Å². The van der Waals surface area contributed by atoms with Gasteiger partial charge in [-0.05, 0) is 26.0 Å². The lowest BCUT2D eigenvalue weighted by Gasteiger charge is -2.13. The summed E-state index contributed by atoms with van der Waals surface area (Å²) >= 11 is 0. The molecule has 0 aliphatic carbocycles. The van der Waals surface area contributed by atoms with Crippen molar-refractivity contribution in [2.45, 2.75) is 13.8 Å². The first-order valence-electron chi connectivity index (χ1n) is 5.20. The quantitative estimate of drug-likeness (QED) is 0.560. The van der Waals surface area contributed by atoms with E-state index in [1.54, 1.807) is 18.2 Å². The Morgan fingerprint density at radius 1 is 1.25 bits per heavy atom. The third-order valence-electron chi connectivity index (χ3n) is 2.56. The summed E-state index contributed by atoms with van der Waals surface area (Å²) in [6, 6.07) is 7.10. The van der Waals surface area contributed by atoms with Crippen molar-refractivity contribution >= 4 is 17.4 Å². The molecule has 0 radical (unpaired) electrons. The lowest BCUT2D eigenvalue weighted by atomic mass is 10.1. The number of carbonyl (C=O) groups excluding carboxylic acids is 2. The fourth-order valence-electron chi connectivity index (χ4n) is 1.70. The number of para-hydroxylation sites is 1. The van der Waals surface area contributed by atoms with Crippen LogP contribution in [0.4, 0.5) is 5.69 Å². The van der Waals surface area contributed by atoms with E-state index in [9.17, 15) is 9.59 Å². The number of anilines is 1. The van der Waals surface area contributed by atoms with Crippen LogP contribution >= 0.6 is 0 Å². The van der Waals surface area contributed by atoms with E-state index in [4.69, 9.17) is 0 Å². The van der Waals surface area contributed by atoms with Crippen LogP contribution in [-0.4, -0.2) is 18.2 Å². The second-order valence-electron chi connectivity index (χ2n) is 4.04. The van der Waals surface area contributed by atoms with Crippen LogP contribution in [0.2, 0.25) is 0 Å². The van der Waals surface area contributed by atoms with Gasteiger partial charge in [0.15, 0.2) is 0 Å². The Balaban J connectivity index is 2.38. The first kappa shape index (κ1) is 10.6. The second-order valence-corrected chi connectivity index (χ2v) is 4.04. The van der Waals surface area contributed by atoms with E-state index in [0.717, 1.165) is 11.3 Å². The molecule has 0 bridgehead atoms. The first-order chi connectivity index (χ1) is 7.61. The van der Waals surface area contributed by atoms with Gasteiger partial charge in [0.1, 0.15) is 0 Å². The fraction of sp³-hybridized carbons (Fsp3) is 0.231. The van der Waals surface area contributed by atoms with E-state index < -0.39 is 11.7 Å². The average molecular weight is 215 g/mol. The summed E-state index contributed by atoms with van der Waals surface area (Å²) < 4.78 is 0. The molecule has 3 nitrogen and oxygen atoms in total. The molecule has 0 unspecified atom stereocenters. The lowest BCUT2D eigenvalue weighted by Crippen LogP contribution is -2.29. The van der Waals surface area contributed by atoms with E-state index >= 15 is 0 Å². The highest BCUT2D eigenvalue weighted by molar-refractivity contribution is 6.52. The topological polar surface area (TPSA) is 37.4 Å². The Bertz CT molecular complexity index is 484. The average Bonchev–Trinajstić information content (AvgIpc) is 2.50. The molecule has 0 atom stereocenters. The Morgan fingerprint density at radius 3 is 2.62 bits per heavy atom. The number of allylic oxidation sites excluding steroid dienone is 1. The third-order valence-corrected chi connectivity index (χ3v) is 2.56. The van der Waals surface area contributed by atoms with Gasteiger partial charge in [0.25, 0.3) is 11.7 Å². The van der Waals surface area contributed by atoms with Crippen LogP contribution in [0.3, 0.4) is 0 Å². The van der Waals surface area contributed by atoms with Crippen molar-refractivity contribution in [1.29, 1.82) is 0 Å². The summed E-state index contributed by atoms with van der Waals surface area (Å²) in [4.78, 5) is 24.9. The minimum atomic E-state index is -0.432. The minimum absolute atomic E-state index is 0.405. The smallest absolute Gasteiger partial charge is 0.299 e. The molecule has 0 saturated carbocycles. The van der Waals surface area contributed by atoms with Gasteiger partial charge in [-0.25, -0.2) is 0 Å². The zero-order valence-electron chi connectivity index (χ0n) is 9.36. The minimum Gasteiger partial charge on any atom is -0.301 e. The number of Topliss-reactive ketones (excluding diaryl/α,β-unsaturated/α-hetero) is 1. The van der Waals surface area contributed by atoms with Gasteiger partial charge in [-0.2, -0.15) is 0 Å². The molecular formula is C13H13NO2. The summed E-state index contributed by atoms with van der Waals surface area (Å²) in [5, 5.41) is 0. The number of carbonyl (C=O) groups is 2. The highest BCUT2D eigenvalue weighted by Gasteiger charge is 2.34. The van der Waals surface area contributed by atoms with Crippen molar-refractivity contribution < 1.29 is 9.59 Å². The molecule has 2 rings (SSSR count). The number of hydrogen-bond donors (Lipinski definition) is 0. The van der Waals surface area contributed by atoms with Crippen molar-refractivity contribution in [2.75, 3.05) is 11.4 Å². The molecule has 0 aromatic heterocycles. The summed E-state index contributed by atoms with van der Waals surface area (Å²) in [5.74, 6) is -0.837. The maximum Gasteiger partial charge on any atom is 0.299 e. The highest BCUT2D eigenvalue weighted by atomic mass is 16.2. The zero-order chi connectivity index (χ0) is 11.7. The van der Waals surface area contributed by atoms with Gasteiger partial charge in [0.2, 0.25) is 0 Å². The summed E-state index contributed by atoms with van der Waals surface area (Å²) in [5.41, 5.74) is 2.36. The fourth-order valence-corrected chi connectivity index (χ4v) is 1.70. The number of fused-ring (bicyclic) bond motifs is 1. The monoisotopic (exact) mass is 215 g/mol. The molecule has 0 N–H and O–H groups in total. The SMILES string of the molecule is CC(C)=CCN1C(=O)C(=O)c2ccccc21. The molecule has 1 aliphatic heterocycles. The van der Waals surface area contributed by atoms with E-state index in [1.165, 1.54) is 4.90 Å². The van der Waals surface area contributed by atoms with Crippen LogP contribution < -0.4 is 4.90 Å². The molecule has 0 saturated heterocycles. The van der Waals surface area contributed by atoms with E-state index in [2.05, 4.69) is 0 Å². The van der Waals surface area contributed by atoms with Crippen LogP contribution in [0.5, 0.6) is 0 Å². The number of nitrogens with zero attached hydrogens (tertiary/aromatic N) is 1. The van der Waals surface area contributed by atoms with Crippen LogP contribution in [0.15, 0.2) is 35.9 Å². The molecule has 1 aromatic rings. The number of benzene rings is 1. The van der Waals surface area contributed by atoms with Crippen LogP contribution in [0.1, 0.15) is 24.2 Å². The molecule has 1 aliphatic rings. The summed E-state index contributed by atoms with van der Waals surface area (Å²) in [6.45, 7) is 4.40. The number of rotatable bonds is 2. The Kier molecular flexibility index (Phi) is 2.60. The Labute approximate surface area is 94.4 Å². The predicted octanol–water partition coefficient (Wildman–Crippen LogP) is 2.18. The molecule has 0 spiro atoms. The van der Waals surface area contributed by atoms with Crippen LogP contribution in [0, 0.1) is 0 Å². The summed E-state index contributed by atoms with van der Waals surface area (Å²) in [7, 11) is 0. The molecule has 1 aromatic carbocycles. The molecule has 1 amide bonds. The second kappa shape index (κ2) is 3.93. The molecule has 1 heterocycles. The molecule has 16 heavy (non-hydrogen) atoms. The molecule has 82 valence electrons. The van der Waals surface area contributed by atoms with Gasteiger partial charge in [-0.3, -0.25) is 9.59 Å². The van der Waals surface area contributed by atoms with Gasteiger partial charge >= 0.3 is 0 Å². The zero-order valence-corrected chi connectivity index (χ0v) is 9.36. The molecule has 3 heteroatoms. The van der Waals surface area contributed by atoms with Crippen molar-refractivity contribution in [3.8, 4) is 0 Å². The number of ketones is 1. The van der Waals surface area contributed by atoms with Crippen LogP contribution in [-0.2, 0) is 4.79 Å². The van der Waals surface area contributed by atoms with E-state index in [0.29, 0.717) is 12.1 Å². The van der Waals surface area contributed by atoms with Gasteiger partial charge in [0, 0.05) is 6.54 Å². The summed E-state index contributed by atoms with van der Waals surface area (Å²) in [6.07, 6.45) is 1.94. The van der Waals surface area contributed by atoms with Crippen molar-refractivity contribution in [3.05, 3.63) is 41.5 Å². The van der Waals surface area contributed by atoms with Gasteiger partial charge in [0.05, 0.1) is 11.3 Å². The highest BCUT2D eigenvalue weighted by Crippen LogP contribution is 2.28. The first-order valence-corrected chi connectivity index (χ1v) is 5.20.